The number of hydrogen-bond donors (Lipinski definition) is 4. The van der Waals surface area contributed by atoms with Crippen LogP contribution in [0, 0.1) is 23.1 Å². The highest BCUT2D eigenvalue weighted by atomic mass is 19.1. The summed E-state index contributed by atoms with van der Waals surface area (Å²) in [6, 6.07) is 18.1. The number of nitrogens with zero attached hydrogens (tertiary/aromatic N) is 4. The van der Waals surface area contributed by atoms with Crippen molar-refractivity contribution >= 4 is 22.3 Å². The van der Waals surface area contributed by atoms with Crippen LogP contribution in [-0.2, 0) is 0 Å². The summed E-state index contributed by atoms with van der Waals surface area (Å²) in [5.74, 6) is -1.11. The van der Waals surface area contributed by atoms with Gasteiger partial charge in [0, 0.05) is 35.7 Å². The third kappa shape index (κ3) is 5.11. The number of benzene rings is 2. The van der Waals surface area contributed by atoms with Gasteiger partial charge in [-0.3, -0.25) is 9.99 Å². The first-order chi connectivity index (χ1) is 19.5. The fourth-order valence-corrected chi connectivity index (χ4v) is 4.97. The molecule has 0 radical (unpaired) electrons. The van der Waals surface area contributed by atoms with Gasteiger partial charge in [-0.15, -0.1) is 5.53 Å². The fourth-order valence-electron chi connectivity index (χ4n) is 4.97. The molecule has 2 aromatic carbocycles. The molecule has 1 unspecified atom stereocenters. The van der Waals surface area contributed by atoms with Crippen LogP contribution in [0.4, 0.5) is 20.2 Å². The maximum Gasteiger partial charge on any atom is 0.212 e. The Morgan fingerprint density at radius 3 is 2.58 bits per heavy atom. The van der Waals surface area contributed by atoms with E-state index < -0.39 is 17.8 Å². The molecule has 1 saturated carbocycles. The SMILES string of the molecule is CC[C@@H](Nc1c(C#N)cnc2c(F)cc(NC(C3=CN(C4CC4)NN3)c3ccc(F)nc3)cc12)c1ccccc1. The lowest BCUT2D eigenvalue weighted by Crippen LogP contribution is -2.38. The van der Waals surface area contributed by atoms with Crippen molar-refractivity contribution in [1.29, 1.82) is 5.26 Å². The van der Waals surface area contributed by atoms with E-state index in [0.717, 1.165) is 30.5 Å². The minimum absolute atomic E-state index is 0.0936. The van der Waals surface area contributed by atoms with Gasteiger partial charge in [0.2, 0.25) is 5.95 Å². The second kappa shape index (κ2) is 10.8. The monoisotopic (exact) mass is 538 g/mol. The summed E-state index contributed by atoms with van der Waals surface area (Å²) in [5, 5.41) is 19.3. The Morgan fingerprint density at radius 2 is 1.88 bits per heavy atom. The molecule has 3 heterocycles. The molecule has 0 amide bonds. The van der Waals surface area contributed by atoms with E-state index in [9.17, 15) is 9.65 Å². The Labute approximate surface area is 230 Å². The number of hydrogen-bond acceptors (Lipinski definition) is 8. The molecule has 2 aromatic heterocycles. The molecule has 1 aliphatic heterocycles. The van der Waals surface area contributed by atoms with Crippen LogP contribution in [0.5, 0.6) is 0 Å². The number of hydrazine groups is 2. The number of aromatic nitrogens is 2. The Morgan fingerprint density at radius 1 is 1.05 bits per heavy atom. The third-order valence-electron chi connectivity index (χ3n) is 7.23. The van der Waals surface area contributed by atoms with E-state index in [1.807, 2.05) is 41.5 Å². The van der Waals surface area contributed by atoms with Crippen molar-refractivity contribution in [2.45, 2.75) is 44.3 Å². The molecule has 0 saturated heterocycles. The molecule has 2 atom stereocenters. The van der Waals surface area contributed by atoms with E-state index in [0.29, 0.717) is 33.9 Å². The minimum Gasteiger partial charge on any atom is -0.377 e. The van der Waals surface area contributed by atoms with Gasteiger partial charge in [0.25, 0.3) is 0 Å². The number of halogens is 2. The van der Waals surface area contributed by atoms with Crippen LogP contribution in [-0.4, -0.2) is 21.0 Å². The average Bonchev–Trinajstić information content (AvgIpc) is 3.72. The number of nitrogens with one attached hydrogen (secondary N) is 4. The highest BCUT2D eigenvalue weighted by Crippen LogP contribution is 2.36. The van der Waals surface area contributed by atoms with Crippen LogP contribution in [0.1, 0.15) is 55.0 Å². The number of rotatable bonds is 9. The summed E-state index contributed by atoms with van der Waals surface area (Å²) in [7, 11) is 0. The maximum atomic E-state index is 15.5. The third-order valence-corrected chi connectivity index (χ3v) is 7.23. The summed E-state index contributed by atoms with van der Waals surface area (Å²) in [6.45, 7) is 2.05. The average molecular weight is 539 g/mol. The first-order valence-corrected chi connectivity index (χ1v) is 13.3. The quantitative estimate of drug-likeness (QED) is 0.198. The van der Waals surface area contributed by atoms with Crippen LogP contribution >= 0.6 is 0 Å². The standard InChI is InChI=1S/C30H28F2N8/c1-2-25(18-6-4-3-5-7-18)37-28-20(14-33)16-35-30-23(28)12-21(13-24(30)31)36-29(19-8-11-27(32)34-15-19)26-17-40(39-38-26)22-9-10-22/h3-8,11-13,15-17,22,25,29,36,38-39H,2,9-10H2,1H3,(H,35,37)/t25-,29?/m1/s1. The summed E-state index contributed by atoms with van der Waals surface area (Å²) in [4.78, 5) is 8.09. The topological polar surface area (TPSA) is 101 Å². The van der Waals surface area contributed by atoms with Crippen LogP contribution in [0.15, 0.2) is 78.9 Å². The zero-order valence-electron chi connectivity index (χ0n) is 21.8. The van der Waals surface area contributed by atoms with Crippen molar-refractivity contribution in [3.05, 3.63) is 107 Å². The van der Waals surface area contributed by atoms with Crippen molar-refractivity contribution in [1.82, 2.24) is 25.9 Å². The van der Waals surface area contributed by atoms with E-state index in [-0.39, 0.29) is 11.6 Å². The van der Waals surface area contributed by atoms with Gasteiger partial charge >= 0.3 is 0 Å². The molecule has 8 nitrogen and oxygen atoms in total. The lowest BCUT2D eigenvalue weighted by molar-refractivity contribution is 0.260. The molecular weight excluding hydrogens is 510 g/mol. The van der Waals surface area contributed by atoms with E-state index in [1.54, 1.807) is 12.1 Å². The highest BCUT2D eigenvalue weighted by molar-refractivity contribution is 5.96. The molecule has 2 aliphatic rings. The van der Waals surface area contributed by atoms with Crippen molar-refractivity contribution < 1.29 is 8.78 Å². The lowest BCUT2D eigenvalue weighted by Gasteiger charge is -2.23. The predicted molar refractivity (Wildman–Crippen MR) is 149 cm³/mol. The number of anilines is 2. The molecule has 1 aliphatic carbocycles. The second-order valence-corrected chi connectivity index (χ2v) is 9.98. The number of nitriles is 1. The summed E-state index contributed by atoms with van der Waals surface area (Å²) in [6.07, 6.45) is 7.76. The summed E-state index contributed by atoms with van der Waals surface area (Å²) >= 11 is 0. The smallest absolute Gasteiger partial charge is 0.212 e. The van der Waals surface area contributed by atoms with Crippen molar-refractivity contribution in [3.8, 4) is 6.07 Å². The van der Waals surface area contributed by atoms with Gasteiger partial charge in [0.05, 0.1) is 29.0 Å². The summed E-state index contributed by atoms with van der Waals surface area (Å²) in [5.41, 5.74) is 10.3. The van der Waals surface area contributed by atoms with E-state index >= 15 is 4.39 Å². The van der Waals surface area contributed by atoms with E-state index in [1.165, 1.54) is 24.5 Å². The van der Waals surface area contributed by atoms with Crippen LogP contribution < -0.4 is 21.6 Å². The second-order valence-electron chi connectivity index (χ2n) is 9.98. The molecule has 0 spiro atoms. The largest absolute Gasteiger partial charge is 0.377 e. The first kappa shape index (κ1) is 25.5. The Bertz CT molecular complexity index is 1600. The Kier molecular flexibility index (Phi) is 6.88. The van der Waals surface area contributed by atoms with E-state index in [4.69, 9.17) is 0 Å². The Hall–Kier alpha value is -4.75. The lowest BCUT2D eigenvalue weighted by atomic mass is 10.0. The molecule has 4 aromatic rings. The van der Waals surface area contributed by atoms with Gasteiger partial charge in [-0.1, -0.05) is 43.3 Å². The zero-order chi connectivity index (χ0) is 27.6. The molecule has 4 N–H and O–H groups in total. The van der Waals surface area contributed by atoms with Gasteiger partial charge in [-0.05, 0) is 48.6 Å². The fraction of sp³-hybridized carbons (Fsp3) is 0.233. The summed E-state index contributed by atoms with van der Waals surface area (Å²) < 4.78 is 29.2. The van der Waals surface area contributed by atoms with Gasteiger partial charge < -0.3 is 16.1 Å². The molecule has 6 rings (SSSR count). The molecule has 1 fully saturated rings. The zero-order valence-corrected chi connectivity index (χ0v) is 21.8. The van der Waals surface area contributed by atoms with Crippen molar-refractivity contribution in [2.75, 3.05) is 10.6 Å². The van der Waals surface area contributed by atoms with Gasteiger partial charge in [0.1, 0.15) is 11.6 Å². The first-order valence-electron chi connectivity index (χ1n) is 13.3. The van der Waals surface area contributed by atoms with Gasteiger partial charge in [-0.25, -0.2) is 9.37 Å². The Balaban J connectivity index is 1.41. The van der Waals surface area contributed by atoms with Crippen molar-refractivity contribution in [2.24, 2.45) is 0 Å². The molecule has 202 valence electrons. The van der Waals surface area contributed by atoms with Crippen molar-refractivity contribution in [3.63, 3.8) is 0 Å². The molecule has 10 heteroatoms. The van der Waals surface area contributed by atoms with E-state index in [2.05, 4.69) is 44.6 Å². The normalized spacial score (nSPS) is 16.1. The van der Waals surface area contributed by atoms with Crippen LogP contribution in [0.25, 0.3) is 10.9 Å². The van der Waals surface area contributed by atoms with Crippen LogP contribution in [0.3, 0.4) is 0 Å². The van der Waals surface area contributed by atoms with Gasteiger partial charge in [-0.2, -0.15) is 9.65 Å². The predicted octanol–water partition coefficient (Wildman–Crippen LogP) is 5.82. The molecule has 40 heavy (non-hydrogen) atoms. The number of pyridine rings is 2. The molecule has 0 bridgehead atoms. The maximum absolute atomic E-state index is 15.5. The molecular formula is C30H28F2N8. The highest BCUT2D eigenvalue weighted by Gasteiger charge is 2.32. The van der Waals surface area contributed by atoms with Gasteiger partial charge in [0.15, 0.2) is 5.82 Å². The van der Waals surface area contributed by atoms with Crippen LogP contribution in [0.2, 0.25) is 0 Å². The minimum atomic E-state index is -0.583. The number of fused-ring (bicyclic) bond motifs is 1.